The van der Waals surface area contributed by atoms with Crippen LogP contribution in [0.15, 0.2) is 18.2 Å². The predicted octanol–water partition coefficient (Wildman–Crippen LogP) is 1.47. The van der Waals surface area contributed by atoms with Crippen LogP contribution in [0.4, 0.5) is 11.4 Å². The Labute approximate surface area is 122 Å². The van der Waals surface area contributed by atoms with Crippen molar-refractivity contribution in [1.82, 2.24) is 5.32 Å². The highest BCUT2D eigenvalue weighted by molar-refractivity contribution is 5.91. The summed E-state index contributed by atoms with van der Waals surface area (Å²) in [6, 6.07) is 4.76. The van der Waals surface area contributed by atoms with Crippen molar-refractivity contribution in [2.24, 2.45) is 0 Å². The number of nitro benzene ring substituents is 1. The van der Waals surface area contributed by atoms with E-state index in [2.05, 4.69) is 10.6 Å². The molecule has 0 bridgehead atoms. The third-order valence-electron chi connectivity index (χ3n) is 3.38. The van der Waals surface area contributed by atoms with Gasteiger partial charge >= 0.3 is 0 Å². The van der Waals surface area contributed by atoms with Crippen molar-refractivity contribution in [3.05, 3.63) is 33.9 Å². The maximum Gasteiger partial charge on any atom is 0.274 e. The van der Waals surface area contributed by atoms with E-state index >= 15 is 0 Å². The van der Waals surface area contributed by atoms with Crippen LogP contribution in [-0.2, 0) is 16.0 Å². The van der Waals surface area contributed by atoms with Crippen LogP contribution in [0, 0.1) is 10.1 Å². The Kier molecular flexibility index (Phi) is 5.24. The molecule has 1 aromatic carbocycles. The summed E-state index contributed by atoms with van der Waals surface area (Å²) in [5.74, 6) is -0.184. The van der Waals surface area contributed by atoms with Crippen LogP contribution in [0.5, 0.6) is 0 Å². The van der Waals surface area contributed by atoms with Crippen molar-refractivity contribution in [3.8, 4) is 0 Å². The van der Waals surface area contributed by atoms with Crippen molar-refractivity contribution in [1.29, 1.82) is 0 Å². The summed E-state index contributed by atoms with van der Waals surface area (Å²) >= 11 is 0. The van der Waals surface area contributed by atoms with Gasteiger partial charge in [0.2, 0.25) is 5.91 Å². The molecule has 7 heteroatoms. The number of carbonyl (C=O) groups excluding carboxylic acids is 1. The van der Waals surface area contributed by atoms with Gasteiger partial charge in [-0.3, -0.25) is 14.9 Å². The van der Waals surface area contributed by atoms with Crippen molar-refractivity contribution in [2.45, 2.75) is 25.8 Å². The van der Waals surface area contributed by atoms with Gasteiger partial charge in [-0.1, -0.05) is 13.0 Å². The van der Waals surface area contributed by atoms with Gasteiger partial charge in [-0.2, -0.15) is 0 Å². The molecule has 21 heavy (non-hydrogen) atoms. The summed E-state index contributed by atoms with van der Waals surface area (Å²) in [6.07, 6.45) is 0.858. The summed E-state index contributed by atoms with van der Waals surface area (Å²) in [6.45, 7) is 3.75. The minimum absolute atomic E-state index is 0.0105. The first-order chi connectivity index (χ1) is 10.1. The Morgan fingerprint density at radius 2 is 2.38 bits per heavy atom. The number of hydrogen-bond acceptors (Lipinski definition) is 5. The fraction of sp³-hybridized carbons (Fsp3) is 0.500. The lowest BCUT2D eigenvalue weighted by atomic mass is 10.1. The highest BCUT2D eigenvalue weighted by Gasteiger charge is 2.18. The molecule has 1 saturated heterocycles. The summed E-state index contributed by atoms with van der Waals surface area (Å²) in [7, 11) is 0. The molecule has 7 nitrogen and oxygen atoms in total. The Balaban J connectivity index is 2.00. The number of carbonyl (C=O) groups is 1. The normalized spacial score (nSPS) is 18.2. The number of nitrogens with one attached hydrogen (secondary N) is 2. The molecule has 0 aliphatic carbocycles. The Bertz CT molecular complexity index is 527. The lowest BCUT2D eigenvalue weighted by Crippen LogP contribution is -2.43. The van der Waals surface area contributed by atoms with Gasteiger partial charge in [-0.05, 0) is 12.5 Å². The minimum Gasteiger partial charge on any atom is -0.378 e. The van der Waals surface area contributed by atoms with E-state index in [4.69, 9.17) is 4.74 Å². The quantitative estimate of drug-likeness (QED) is 0.633. The van der Waals surface area contributed by atoms with E-state index in [0.717, 1.165) is 6.54 Å². The standard InChI is InChI=1S/C14H19N3O4/c1-2-10-3-4-11(7-13(10)17(19)20)16-14(18)8-12-9-21-6-5-15-12/h3-4,7,12,15H,2,5-6,8-9H2,1H3,(H,16,18). The topological polar surface area (TPSA) is 93.5 Å². The van der Waals surface area contributed by atoms with Crippen LogP contribution < -0.4 is 10.6 Å². The van der Waals surface area contributed by atoms with Crippen LogP contribution in [0.1, 0.15) is 18.9 Å². The molecule has 1 atom stereocenters. The number of amides is 1. The fourth-order valence-corrected chi connectivity index (χ4v) is 2.30. The molecule has 1 aliphatic rings. The van der Waals surface area contributed by atoms with Crippen LogP contribution in [0.25, 0.3) is 0 Å². The highest BCUT2D eigenvalue weighted by atomic mass is 16.6. The number of morpholine rings is 1. The maximum atomic E-state index is 11.9. The monoisotopic (exact) mass is 293 g/mol. The minimum atomic E-state index is -0.426. The Hall–Kier alpha value is -1.99. The molecule has 1 aliphatic heterocycles. The summed E-state index contributed by atoms with van der Waals surface area (Å²) in [4.78, 5) is 22.5. The molecule has 1 unspecified atom stereocenters. The van der Waals surface area contributed by atoms with Crippen molar-refractivity contribution in [3.63, 3.8) is 0 Å². The molecule has 2 N–H and O–H groups in total. The predicted molar refractivity (Wildman–Crippen MR) is 78.3 cm³/mol. The van der Waals surface area contributed by atoms with Crippen molar-refractivity contribution < 1.29 is 14.5 Å². The average Bonchev–Trinajstić information content (AvgIpc) is 2.48. The molecule has 1 amide bonds. The fourth-order valence-electron chi connectivity index (χ4n) is 2.30. The number of nitrogens with zero attached hydrogens (tertiary/aromatic N) is 1. The molecule has 0 radical (unpaired) electrons. The van der Waals surface area contributed by atoms with Gasteiger partial charge in [0, 0.05) is 36.3 Å². The second kappa shape index (κ2) is 7.14. The zero-order valence-electron chi connectivity index (χ0n) is 11.9. The first-order valence-corrected chi connectivity index (χ1v) is 6.98. The maximum absolute atomic E-state index is 11.9. The van der Waals surface area contributed by atoms with Gasteiger partial charge in [0.05, 0.1) is 18.1 Å². The lowest BCUT2D eigenvalue weighted by Gasteiger charge is -2.23. The molecule has 1 heterocycles. The number of anilines is 1. The Morgan fingerprint density at radius 1 is 1.57 bits per heavy atom. The van der Waals surface area contributed by atoms with Crippen LogP contribution in [-0.4, -0.2) is 36.6 Å². The molecule has 1 fully saturated rings. The molecule has 0 spiro atoms. The smallest absolute Gasteiger partial charge is 0.274 e. The third kappa shape index (κ3) is 4.24. The molecular weight excluding hydrogens is 274 g/mol. The number of aryl methyl sites for hydroxylation is 1. The van der Waals surface area contributed by atoms with Gasteiger partial charge < -0.3 is 15.4 Å². The molecule has 114 valence electrons. The van der Waals surface area contributed by atoms with Crippen molar-refractivity contribution in [2.75, 3.05) is 25.1 Å². The second-order valence-corrected chi connectivity index (χ2v) is 4.93. The van der Waals surface area contributed by atoms with E-state index in [-0.39, 0.29) is 24.1 Å². The second-order valence-electron chi connectivity index (χ2n) is 4.93. The van der Waals surface area contributed by atoms with E-state index < -0.39 is 4.92 Å². The zero-order chi connectivity index (χ0) is 15.2. The van der Waals surface area contributed by atoms with Crippen LogP contribution in [0.3, 0.4) is 0 Å². The third-order valence-corrected chi connectivity index (χ3v) is 3.38. The molecule has 0 saturated carbocycles. The average molecular weight is 293 g/mol. The van der Waals surface area contributed by atoms with Crippen molar-refractivity contribution >= 4 is 17.3 Å². The molecule has 0 aromatic heterocycles. The number of ether oxygens (including phenoxy) is 1. The number of rotatable bonds is 5. The van der Waals surface area contributed by atoms with E-state index in [1.54, 1.807) is 12.1 Å². The SMILES string of the molecule is CCc1ccc(NC(=O)CC2COCCN2)cc1[N+](=O)[O-]. The van der Waals surface area contributed by atoms with E-state index in [1.807, 2.05) is 6.92 Å². The highest BCUT2D eigenvalue weighted by Crippen LogP contribution is 2.23. The van der Waals surface area contributed by atoms with Crippen LogP contribution in [0.2, 0.25) is 0 Å². The van der Waals surface area contributed by atoms with Gasteiger partial charge in [0.1, 0.15) is 0 Å². The van der Waals surface area contributed by atoms with Gasteiger partial charge in [-0.15, -0.1) is 0 Å². The first-order valence-electron chi connectivity index (χ1n) is 6.98. The zero-order valence-corrected chi connectivity index (χ0v) is 11.9. The molecule has 1 aromatic rings. The first kappa shape index (κ1) is 15.4. The Morgan fingerprint density at radius 3 is 3.00 bits per heavy atom. The largest absolute Gasteiger partial charge is 0.378 e. The number of benzene rings is 1. The lowest BCUT2D eigenvalue weighted by molar-refractivity contribution is -0.385. The van der Waals surface area contributed by atoms with E-state index in [0.29, 0.717) is 30.9 Å². The van der Waals surface area contributed by atoms with Gasteiger partial charge in [0.15, 0.2) is 0 Å². The van der Waals surface area contributed by atoms with Gasteiger partial charge in [-0.25, -0.2) is 0 Å². The molecular formula is C14H19N3O4. The summed E-state index contributed by atoms with van der Waals surface area (Å²) < 4.78 is 5.28. The number of nitro groups is 1. The number of hydrogen-bond donors (Lipinski definition) is 2. The summed E-state index contributed by atoms with van der Waals surface area (Å²) in [5, 5.41) is 16.9. The van der Waals surface area contributed by atoms with E-state index in [9.17, 15) is 14.9 Å². The summed E-state index contributed by atoms with van der Waals surface area (Å²) in [5.41, 5.74) is 1.13. The van der Waals surface area contributed by atoms with E-state index in [1.165, 1.54) is 6.07 Å². The van der Waals surface area contributed by atoms with Gasteiger partial charge in [0.25, 0.3) is 5.69 Å². The molecule has 2 rings (SSSR count). The van der Waals surface area contributed by atoms with Crippen LogP contribution >= 0.6 is 0 Å².